The molecule has 1 fully saturated rings. The predicted molar refractivity (Wildman–Crippen MR) is 70.9 cm³/mol. The molecule has 1 unspecified atom stereocenters. The SMILES string of the molecule is C[C@@H](NC1CCCN(C)CC1)c1ccccn1. The van der Waals surface area contributed by atoms with Gasteiger partial charge in [-0.15, -0.1) is 0 Å². The van der Waals surface area contributed by atoms with E-state index >= 15 is 0 Å². The molecule has 0 bridgehead atoms. The van der Waals surface area contributed by atoms with E-state index in [1.54, 1.807) is 0 Å². The van der Waals surface area contributed by atoms with Crippen LogP contribution in [0.2, 0.25) is 0 Å². The molecule has 3 nitrogen and oxygen atoms in total. The number of nitrogens with zero attached hydrogens (tertiary/aromatic N) is 2. The molecule has 0 radical (unpaired) electrons. The molecule has 0 amide bonds. The normalized spacial score (nSPS) is 24.2. The maximum atomic E-state index is 4.41. The van der Waals surface area contributed by atoms with Gasteiger partial charge in [0.1, 0.15) is 0 Å². The van der Waals surface area contributed by atoms with E-state index in [1.807, 2.05) is 12.3 Å². The van der Waals surface area contributed by atoms with E-state index in [-0.39, 0.29) is 0 Å². The van der Waals surface area contributed by atoms with Crippen molar-refractivity contribution in [3.05, 3.63) is 30.1 Å². The molecule has 3 heteroatoms. The van der Waals surface area contributed by atoms with Crippen LogP contribution in [-0.4, -0.2) is 36.1 Å². The smallest absolute Gasteiger partial charge is 0.0570 e. The number of hydrogen-bond donors (Lipinski definition) is 1. The number of hydrogen-bond acceptors (Lipinski definition) is 3. The van der Waals surface area contributed by atoms with Crippen LogP contribution in [-0.2, 0) is 0 Å². The van der Waals surface area contributed by atoms with Crippen LogP contribution in [0.3, 0.4) is 0 Å². The summed E-state index contributed by atoms with van der Waals surface area (Å²) in [7, 11) is 2.21. The van der Waals surface area contributed by atoms with Gasteiger partial charge in [-0.25, -0.2) is 0 Å². The van der Waals surface area contributed by atoms with Gasteiger partial charge in [0.2, 0.25) is 0 Å². The van der Waals surface area contributed by atoms with Crippen molar-refractivity contribution in [1.82, 2.24) is 15.2 Å². The van der Waals surface area contributed by atoms with Crippen molar-refractivity contribution in [2.24, 2.45) is 0 Å². The van der Waals surface area contributed by atoms with Gasteiger partial charge in [0.15, 0.2) is 0 Å². The summed E-state index contributed by atoms with van der Waals surface area (Å²) in [4.78, 5) is 6.83. The molecule has 1 N–H and O–H groups in total. The first kappa shape index (κ1) is 12.5. The van der Waals surface area contributed by atoms with Crippen molar-refractivity contribution in [3.63, 3.8) is 0 Å². The Morgan fingerprint density at radius 3 is 3.00 bits per heavy atom. The zero-order valence-electron chi connectivity index (χ0n) is 10.9. The van der Waals surface area contributed by atoms with E-state index in [2.05, 4.69) is 41.3 Å². The monoisotopic (exact) mass is 233 g/mol. The van der Waals surface area contributed by atoms with Crippen molar-refractivity contribution in [2.45, 2.75) is 38.3 Å². The first-order chi connectivity index (χ1) is 8.25. The fourth-order valence-corrected chi connectivity index (χ4v) is 2.48. The van der Waals surface area contributed by atoms with Crippen molar-refractivity contribution in [2.75, 3.05) is 20.1 Å². The standard InChI is InChI=1S/C14H23N3/c1-12(14-7-3-4-9-15-14)16-13-6-5-10-17(2)11-8-13/h3-4,7,9,12-13,16H,5-6,8,10-11H2,1-2H3/t12-,13?/m1/s1. The predicted octanol–water partition coefficient (Wildman–Crippen LogP) is 2.22. The van der Waals surface area contributed by atoms with Crippen LogP contribution in [0.15, 0.2) is 24.4 Å². The maximum absolute atomic E-state index is 4.41. The number of aromatic nitrogens is 1. The maximum Gasteiger partial charge on any atom is 0.0570 e. The molecule has 1 saturated heterocycles. The zero-order valence-corrected chi connectivity index (χ0v) is 10.9. The summed E-state index contributed by atoms with van der Waals surface area (Å²) in [5.74, 6) is 0. The van der Waals surface area contributed by atoms with Gasteiger partial charge in [0.25, 0.3) is 0 Å². The highest BCUT2D eigenvalue weighted by Crippen LogP contribution is 2.15. The Hall–Kier alpha value is -0.930. The summed E-state index contributed by atoms with van der Waals surface area (Å²) in [6.45, 7) is 4.64. The van der Waals surface area contributed by atoms with Gasteiger partial charge in [0.05, 0.1) is 5.69 Å². The fraction of sp³-hybridized carbons (Fsp3) is 0.643. The molecule has 2 heterocycles. The first-order valence-electron chi connectivity index (χ1n) is 6.61. The lowest BCUT2D eigenvalue weighted by Gasteiger charge is -2.21. The van der Waals surface area contributed by atoms with E-state index in [1.165, 1.54) is 32.4 Å². The summed E-state index contributed by atoms with van der Waals surface area (Å²) in [5, 5.41) is 3.71. The third-order valence-electron chi connectivity index (χ3n) is 3.57. The van der Waals surface area contributed by atoms with Crippen molar-refractivity contribution in [3.8, 4) is 0 Å². The fourth-order valence-electron chi connectivity index (χ4n) is 2.48. The van der Waals surface area contributed by atoms with E-state index < -0.39 is 0 Å². The minimum Gasteiger partial charge on any atom is -0.306 e. The van der Waals surface area contributed by atoms with Crippen LogP contribution in [0, 0.1) is 0 Å². The summed E-state index contributed by atoms with van der Waals surface area (Å²) >= 11 is 0. The average Bonchev–Trinajstić information content (AvgIpc) is 2.56. The molecule has 1 aliphatic heterocycles. The average molecular weight is 233 g/mol. The van der Waals surface area contributed by atoms with E-state index in [0.717, 1.165) is 5.69 Å². The largest absolute Gasteiger partial charge is 0.306 e. The van der Waals surface area contributed by atoms with Gasteiger partial charge in [0, 0.05) is 18.3 Å². The second kappa shape index (κ2) is 6.12. The van der Waals surface area contributed by atoms with Gasteiger partial charge in [-0.2, -0.15) is 0 Å². The van der Waals surface area contributed by atoms with E-state index in [4.69, 9.17) is 0 Å². The quantitative estimate of drug-likeness (QED) is 0.867. The van der Waals surface area contributed by atoms with E-state index in [0.29, 0.717) is 12.1 Å². The number of rotatable bonds is 3. The summed E-state index contributed by atoms with van der Waals surface area (Å²) in [6.07, 6.45) is 5.69. The zero-order chi connectivity index (χ0) is 12.1. The Balaban J connectivity index is 1.88. The third-order valence-corrected chi connectivity index (χ3v) is 3.57. The van der Waals surface area contributed by atoms with Gasteiger partial charge in [-0.3, -0.25) is 4.98 Å². The molecular formula is C14H23N3. The van der Waals surface area contributed by atoms with Crippen LogP contribution < -0.4 is 5.32 Å². The van der Waals surface area contributed by atoms with Gasteiger partial charge in [-0.05, 0) is 58.5 Å². The molecule has 2 atom stereocenters. The minimum atomic E-state index is 0.351. The van der Waals surface area contributed by atoms with Crippen molar-refractivity contribution >= 4 is 0 Å². The van der Waals surface area contributed by atoms with Crippen LogP contribution in [0.4, 0.5) is 0 Å². The lowest BCUT2D eigenvalue weighted by Crippen LogP contribution is -2.32. The van der Waals surface area contributed by atoms with E-state index in [9.17, 15) is 0 Å². The molecule has 0 spiro atoms. The Kier molecular flexibility index (Phi) is 4.51. The topological polar surface area (TPSA) is 28.2 Å². The van der Waals surface area contributed by atoms with Crippen LogP contribution in [0.1, 0.15) is 37.9 Å². The number of likely N-dealkylation sites (tertiary alicyclic amines) is 1. The Labute approximate surface area is 104 Å². The summed E-state index contributed by atoms with van der Waals surface area (Å²) in [6, 6.07) is 7.11. The lowest BCUT2D eigenvalue weighted by molar-refractivity contribution is 0.340. The Morgan fingerprint density at radius 1 is 1.35 bits per heavy atom. The van der Waals surface area contributed by atoms with Gasteiger partial charge in [-0.1, -0.05) is 6.07 Å². The highest BCUT2D eigenvalue weighted by Gasteiger charge is 2.17. The third kappa shape index (κ3) is 3.79. The summed E-state index contributed by atoms with van der Waals surface area (Å²) in [5.41, 5.74) is 1.14. The molecule has 0 aromatic carbocycles. The van der Waals surface area contributed by atoms with Crippen LogP contribution in [0.25, 0.3) is 0 Å². The van der Waals surface area contributed by atoms with Crippen molar-refractivity contribution in [1.29, 1.82) is 0 Å². The molecule has 17 heavy (non-hydrogen) atoms. The lowest BCUT2D eigenvalue weighted by atomic mass is 10.1. The second-order valence-corrected chi connectivity index (χ2v) is 5.07. The molecule has 2 rings (SSSR count). The molecule has 1 aromatic rings. The number of pyridine rings is 1. The number of nitrogens with one attached hydrogen (secondary N) is 1. The molecule has 1 aromatic heterocycles. The van der Waals surface area contributed by atoms with Crippen molar-refractivity contribution < 1.29 is 0 Å². The molecule has 1 aliphatic rings. The molecular weight excluding hydrogens is 210 g/mol. The van der Waals surface area contributed by atoms with Crippen LogP contribution in [0.5, 0.6) is 0 Å². The molecule has 94 valence electrons. The first-order valence-corrected chi connectivity index (χ1v) is 6.61. The van der Waals surface area contributed by atoms with Crippen LogP contribution >= 0.6 is 0 Å². The second-order valence-electron chi connectivity index (χ2n) is 5.07. The molecule has 0 aliphatic carbocycles. The Bertz CT molecular complexity index is 325. The van der Waals surface area contributed by atoms with Gasteiger partial charge < -0.3 is 10.2 Å². The Morgan fingerprint density at radius 2 is 2.24 bits per heavy atom. The van der Waals surface area contributed by atoms with Gasteiger partial charge >= 0.3 is 0 Å². The summed E-state index contributed by atoms with van der Waals surface area (Å²) < 4.78 is 0. The highest BCUT2D eigenvalue weighted by molar-refractivity contribution is 5.07. The molecule has 0 saturated carbocycles. The highest BCUT2D eigenvalue weighted by atomic mass is 15.1. The minimum absolute atomic E-state index is 0.351.